The fourth-order valence-electron chi connectivity index (χ4n) is 3.14. The van der Waals surface area contributed by atoms with E-state index in [1.807, 2.05) is 18.2 Å². The first-order valence-corrected chi connectivity index (χ1v) is 11.7. The minimum absolute atomic E-state index is 0.145. The molecule has 1 fully saturated rings. The van der Waals surface area contributed by atoms with E-state index in [0.29, 0.717) is 36.1 Å². The lowest BCUT2D eigenvalue weighted by Crippen LogP contribution is -2.48. The van der Waals surface area contributed by atoms with E-state index in [0.717, 1.165) is 17.2 Å². The van der Waals surface area contributed by atoms with Gasteiger partial charge in [-0.25, -0.2) is 13.4 Å². The van der Waals surface area contributed by atoms with Crippen LogP contribution in [0.2, 0.25) is 5.02 Å². The maximum Gasteiger partial charge on any atom is 0.264 e. The van der Waals surface area contributed by atoms with Crippen molar-refractivity contribution in [3.63, 3.8) is 0 Å². The molecule has 9 heteroatoms. The summed E-state index contributed by atoms with van der Waals surface area (Å²) in [6.45, 7) is 2.49. The number of hydrogen-bond acceptors (Lipinski definition) is 6. The Balaban J connectivity index is 1.46. The van der Waals surface area contributed by atoms with E-state index in [1.165, 1.54) is 30.3 Å². The van der Waals surface area contributed by atoms with Crippen molar-refractivity contribution >= 4 is 44.5 Å². The second-order valence-corrected chi connectivity index (χ2v) is 10.2. The number of nitrogens with zero attached hydrogens (tertiary/aromatic N) is 3. The zero-order valence-corrected chi connectivity index (χ0v) is 17.8. The van der Waals surface area contributed by atoms with Crippen molar-refractivity contribution in [2.24, 2.45) is 0 Å². The first-order valence-electron chi connectivity index (χ1n) is 9.01. The van der Waals surface area contributed by atoms with Gasteiger partial charge in [-0.15, -0.1) is 11.3 Å². The summed E-state index contributed by atoms with van der Waals surface area (Å²) in [5.74, 6) is 0.750. The Kier molecular flexibility index (Phi) is 5.58. The number of aromatic nitrogens is 1. The van der Waals surface area contributed by atoms with E-state index in [1.54, 1.807) is 17.2 Å². The number of benzene rings is 1. The number of piperazine rings is 1. The van der Waals surface area contributed by atoms with E-state index in [4.69, 9.17) is 11.6 Å². The Hall–Kier alpha value is -2.42. The zero-order valence-electron chi connectivity index (χ0n) is 15.4. The van der Waals surface area contributed by atoms with Gasteiger partial charge >= 0.3 is 0 Å². The number of anilines is 1. The number of amides is 1. The normalized spacial score (nSPS) is 14.8. The molecular weight excluding hydrogens is 430 g/mol. The third-order valence-electron chi connectivity index (χ3n) is 4.72. The van der Waals surface area contributed by atoms with Crippen LogP contribution < -0.4 is 4.90 Å². The van der Waals surface area contributed by atoms with Crippen LogP contribution in [0, 0.1) is 0 Å². The van der Waals surface area contributed by atoms with Gasteiger partial charge in [0.1, 0.15) is 10.0 Å². The second-order valence-electron chi connectivity index (χ2n) is 6.54. The molecule has 2 aromatic heterocycles. The van der Waals surface area contributed by atoms with Crippen molar-refractivity contribution in [2.75, 3.05) is 31.1 Å². The highest BCUT2D eigenvalue weighted by Crippen LogP contribution is 2.29. The largest absolute Gasteiger partial charge is 0.353 e. The lowest BCUT2D eigenvalue weighted by Gasteiger charge is -2.35. The molecule has 29 heavy (non-hydrogen) atoms. The fraction of sp³-hybridized carbons (Fsp3) is 0.200. The van der Waals surface area contributed by atoms with Gasteiger partial charge in [0.25, 0.3) is 5.91 Å². The van der Waals surface area contributed by atoms with Gasteiger partial charge in [0, 0.05) is 37.4 Å². The molecule has 6 nitrogen and oxygen atoms in total. The molecule has 4 rings (SSSR count). The minimum atomic E-state index is -3.67. The predicted molar refractivity (Wildman–Crippen MR) is 114 cm³/mol. The molecule has 0 unspecified atom stereocenters. The molecule has 0 atom stereocenters. The molecule has 1 aliphatic heterocycles. The van der Waals surface area contributed by atoms with Crippen LogP contribution in [0.3, 0.4) is 0 Å². The number of sulfone groups is 1. The summed E-state index contributed by atoms with van der Waals surface area (Å²) < 4.78 is 25.7. The first kappa shape index (κ1) is 19.9. The Labute approximate surface area is 178 Å². The smallest absolute Gasteiger partial charge is 0.264 e. The van der Waals surface area contributed by atoms with Crippen molar-refractivity contribution in [2.45, 2.75) is 9.10 Å². The predicted octanol–water partition coefficient (Wildman–Crippen LogP) is 3.59. The van der Waals surface area contributed by atoms with Crippen LogP contribution in [0.4, 0.5) is 5.82 Å². The van der Waals surface area contributed by atoms with Crippen molar-refractivity contribution in [1.82, 2.24) is 9.88 Å². The van der Waals surface area contributed by atoms with Gasteiger partial charge < -0.3 is 9.80 Å². The topological polar surface area (TPSA) is 70.6 Å². The lowest BCUT2D eigenvalue weighted by molar-refractivity contribution is 0.0751. The molecule has 150 valence electrons. The first-order chi connectivity index (χ1) is 13.9. The molecule has 0 spiro atoms. The molecule has 1 saturated heterocycles. The van der Waals surface area contributed by atoms with Crippen molar-refractivity contribution in [3.8, 4) is 0 Å². The summed E-state index contributed by atoms with van der Waals surface area (Å²) in [4.78, 5) is 21.7. The molecule has 1 amide bonds. The Morgan fingerprint density at radius 1 is 0.966 bits per heavy atom. The van der Waals surface area contributed by atoms with Gasteiger partial charge in [0.05, 0.1) is 9.77 Å². The summed E-state index contributed by atoms with van der Waals surface area (Å²) in [5.41, 5.74) is 0. The highest BCUT2D eigenvalue weighted by Gasteiger charge is 2.26. The quantitative estimate of drug-likeness (QED) is 0.611. The van der Waals surface area contributed by atoms with E-state index in [9.17, 15) is 13.2 Å². The fourth-order valence-corrected chi connectivity index (χ4v) is 5.95. The van der Waals surface area contributed by atoms with Gasteiger partial charge in [-0.05, 0) is 48.5 Å². The van der Waals surface area contributed by atoms with Crippen molar-refractivity contribution in [3.05, 3.63) is 70.7 Å². The van der Waals surface area contributed by atoms with Crippen molar-refractivity contribution in [1.29, 1.82) is 0 Å². The molecule has 0 N–H and O–H groups in total. The van der Waals surface area contributed by atoms with Crippen LogP contribution >= 0.6 is 22.9 Å². The average molecular weight is 448 g/mol. The van der Waals surface area contributed by atoms with Crippen LogP contribution in [0.15, 0.2) is 69.9 Å². The molecule has 1 aromatic carbocycles. The van der Waals surface area contributed by atoms with Crippen LogP contribution in [-0.2, 0) is 9.84 Å². The van der Waals surface area contributed by atoms with Crippen LogP contribution in [0.1, 0.15) is 9.67 Å². The van der Waals surface area contributed by atoms with Crippen molar-refractivity contribution < 1.29 is 13.2 Å². The summed E-state index contributed by atoms with van der Waals surface area (Å²) in [5, 5.41) is 0.468. The van der Waals surface area contributed by atoms with Crippen LogP contribution in [0.25, 0.3) is 0 Å². The number of halogens is 1. The number of carbonyl (C=O) groups excluding carboxylic acids is 1. The lowest BCUT2D eigenvalue weighted by atomic mass is 10.3. The highest BCUT2D eigenvalue weighted by molar-refractivity contribution is 7.93. The Morgan fingerprint density at radius 2 is 1.69 bits per heavy atom. The van der Waals surface area contributed by atoms with Gasteiger partial charge in [0.2, 0.25) is 9.84 Å². The van der Waals surface area contributed by atoms with E-state index in [-0.39, 0.29) is 15.0 Å². The maximum absolute atomic E-state index is 12.9. The minimum Gasteiger partial charge on any atom is -0.353 e. The van der Waals surface area contributed by atoms with Crippen LogP contribution in [-0.4, -0.2) is 50.4 Å². The SMILES string of the molecule is O=C(c1ccc(S(=O)(=O)c2ccc(Cl)cc2)s1)N1CCN(c2ccccn2)CC1. The summed E-state index contributed by atoms with van der Waals surface area (Å²) in [7, 11) is -3.67. The number of hydrogen-bond donors (Lipinski definition) is 0. The third-order valence-corrected chi connectivity index (χ3v) is 8.31. The number of pyridine rings is 1. The highest BCUT2D eigenvalue weighted by atomic mass is 35.5. The molecule has 0 radical (unpaired) electrons. The molecule has 0 aliphatic carbocycles. The summed E-state index contributed by atoms with van der Waals surface area (Å²) in [6, 6.07) is 14.8. The second kappa shape index (κ2) is 8.14. The van der Waals surface area contributed by atoms with Gasteiger partial charge in [0.15, 0.2) is 0 Å². The standard InChI is InChI=1S/C20H18ClN3O3S2/c21-15-4-6-16(7-5-15)29(26,27)19-9-8-17(28-19)20(25)24-13-11-23(12-14-24)18-3-1-2-10-22-18/h1-10H,11-14H2. The van der Waals surface area contributed by atoms with Crippen LogP contribution in [0.5, 0.6) is 0 Å². The number of thiophene rings is 1. The van der Waals surface area contributed by atoms with E-state index in [2.05, 4.69) is 9.88 Å². The van der Waals surface area contributed by atoms with Gasteiger partial charge in [-0.1, -0.05) is 17.7 Å². The number of rotatable bonds is 4. The van der Waals surface area contributed by atoms with E-state index >= 15 is 0 Å². The van der Waals surface area contributed by atoms with Gasteiger partial charge in [-0.3, -0.25) is 4.79 Å². The third kappa shape index (κ3) is 4.14. The maximum atomic E-state index is 12.9. The number of carbonyl (C=O) groups is 1. The molecule has 3 heterocycles. The summed E-state index contributed by atoms with van der Waals surface area (Å²) >= 11 is 6.84. The molecule has 0 saturated carbocycles. The molecule has 3 aromatic rings. The molecular formula is C20H18ClN3O3S2. The summed E-state index contributed by atoms with van der Waals surface area (Å²) in [6.07, 6.45) is 1.75. The monoisotopic (exact) mass is 447 g/mol. The van der Waals surface area contributed by atoms with E-state index < -0.39 is 9.84 Å². The average Bonchev–Trinajstić information content (AvgIpc) is 3.25. The molecule has 0 bridgehead atoms. The van der Waals surface area contributed by atoms with Gasteiger partial charge in [-0.2, -0.15) is 0 Å². The molecule has 1 aliphatic rings. The Morgan fingerprint density at radius 3 is 2.34 bits per heavy atom. The Bertz CT molecular complexity index is 1110. The zero-order chi connectivity index (χ0) is 20.4.